The highest BCUT2D eigenvalue weighted by Gasteiger charge is 2.22. The summed E-state index contributed by atoms with van der Waals surface area (Å²) in [5.41, 5.74) is 1.52. The van der Waals surface area contributed by atoms with Crippen molar-refractivity contribution in [3.8, 4) is 5.75 Å². The molecule has 0 saturated carbocycles. The molecule has 1 saturated heterocycles. The van der Waals surface area contributed by atoms with Crippen LogP contribution in [0.25, 0.3) is 0 Å². The first kappa shape index (κ1) is 21.1. The van der Waals surface area contributed by atoms with Gasteiger partial charge in [-0.25, -0.2) is 8.42 Å². The minimum absolute atomic E-state index is 0.0272. The molecule has 0 N–H and O–H groups in total. The number of hydrogen-bond donors (Lipinski definition) is 0. The molecule has 0 bridgehead atoms. The molecule has 8 heteroatoms. The molecule has 0 radical (unpaired) electrons. The largest absolute Gasteiger partial charge is 0.484 e. The monoisotopic (exact) mass is 417 g/mol. The van der Waals surface area contributed by atoms with Crippen molar-refractivity contribution in [2.45, 2.75) is 11.8 Å². The van der Waals surface area contributed by atoms with Crippen LogP contribution in [0.3, 0.4) is 0 Å². The quantitative estimate of drug-likeness (QED) is 0.719. The number of sulfonamides is 1. The van der Waals surface area contributed by atoms with Gasteiger partial charge in [-0.3, -0.25) is 9.10 Å². The maximum absolute atomic E-state index is 12.8. The molecule has 156 valence electrons. The SMILES string of the molecule is Cc1ccc(S(=O)(=O)N(C)c2ccc(OCC(=O)N3CCN(C)CC3)cc2)cc1. The molecule has 0 spiro atoms. The lowest BCUT2D eigenvalue weighted by atomic mass is 10.2. The van der Waals surface area contributed by atoms with Crippen molar-refractivity contribution < 1.29 is 17.9 Å². The number of hydrogen-bond acceptors (Lipinski definition) is 5. The smallest absolute Gasteiger partial charge is 0.264 e. The number of carbonyl (C=O) groups excluding carboxylic acids is 1. The summed E-state index contributed by atoms with van der Waals surface area (Å²) < 4.78 is 32.4. The highest BCUT2D eigenvalue weighted by atomic mass is 32.2. The summed E-state index contributed by atoms with van der Waals surface area (Å²) in [6.45, 7) is 5.02. The fourth-order valence-corrected chi connectivity index (χ4v) is 4.25. The molecule has 0 unspecified atom stereocenters. The average molecular weight is 418 g/mol. The van der Waals surface area contributed by atoms with Gasteiger partial charge in [0.1, 0.15) is 5.75 Å². The number of nitrogens with zero attached hydrogens (tertiary/aromatic N) is 3. The topological polar surface area (TPSA) is 70.2 Å². The van der Waals surface area contributed by atoms with Gasteiger partial charge < -0.3 is 14.5 Å². The fourth-order valence-electron chi connectivity index (χ4n) is 3.05. The molecule has 0 aliphatic carbocycles. The Balaban J connectivity index is 1.60. The molecule has 7 nitrogen and oxygen atoms in total. The number of anilines is 1. The molecule has 1 heterocycles. The maximum atomic E-state index is 12.8. The van der Waals surface area contributed by atoms with Crippen molar-refractivity contribution in [3.05, 3.63) is 54.1 Å². The Morgan fingerprint density at radius 3 is 2.17 bits per heavy atom. The van der Waals surface area contributed by atoms with E-state index in [9.17, 15) is 13.2 Å². The first-order chi connectivity index (χ1) is 13.8. The molecule has 2 aromatic rings. The summed E-state index contributed by atoms with van der Waals surface area (Å²) in [7, 11) is -0.0852. The van der Waals surface area contributed by atoms with Crippen molar-refractivity contribution in [1.29, 1.82) is 0 Å². The van der Waals surface area contributed by atoms with Gasteiger partial charge in [-0.15, -0.1) is 0 Å². The molecular weight excluding hydrogens is 390 g/mol. The minimum atomic E-state index is -3.64. The summed E-state index contributed by atoms with van der Waals surface area (Å²) in [6, 6.07) is 13.4. The highest BCUT2D eigenvalue weighted by Crippen LogP contribution is 2.24. The van der Waals surface area contributed by atoms with Crippen LogP contribution in [0, 0.1) is 6.92 Å². The third-order valence-corrected chi connectivity index (χ3v) is 6.90. The lowest BCUT2D eigenvalue weighted by Crippen LogP contribution is -2.48. The van der Waals surface area contributed by atoms with Crippen LogP contribution in [0.15, 0.2) is 53.4 Å². The molecule has 1 aliphatic heterocycles. The Hall–Kier alpha value is -2.58. The minimum Gasteiger partial charge on any atom is -0.484 e. The van der Waals surface area contributed by atoms with Gasteiger partial charge in [0.05, 0.1) is 10.6 Å². The van der Waals surface area contributed by atoms with E-state index in [1.807, 2.05) is 14.0 Å². The fraction of sp³-hybridized carbons (Fsp3) is 0.381. The van der Waals surface area contributed by atoms with E-state index in [1.54, 1.807) is 53.4 Å². The summed E-state index contributed by atoms with van der Waals surface area (Å²) >= 11 is 0. The third kappa shape index (κ3) is 5.07. The Labute approximate surface area is 172 Å². The Bertz CT molecular complexity index is 935. The molecule has 0 aromatic heterocycles. The van der Waals surface area contributed by atoms with E-state index < -0.39 is 10.0 Å². The first-order valence-electron chi connectivity index (χ1n) is 9.52. The third-order valence-electron chi connectivity index (χ3n) is 5.10. The zero-order chi connectivity index (χ0) is 21.0. The number of likely N-dealkylation sites (N-methyl/N-ethyl adjacent to an activating group) is 1. The van der Waals surface area contributed by atoms with Crippen molar-refractivity contribution in [1.82, 2.24) is 9.80 Å². The van der Waals surface area contributed by atoms with Crippen LogP contribution in [0.5, 0.6) is 5.75 Å². The van der Waals surface area contributed by atoms with Gasteiger partial charge in [0, 0.05) is 33.2 Å². The predicted octanol–water partition coefficient (Wildman–Crippen LogP) is 1.97. The van der Waals surface area contributed by atoms with Crippen molar-refractivity contribution in [3.63, 3.8) is 0 Å². The lowest BCUT2D eigenvalue weighted by molar-refractivity contribution is -0.134. The number of amides is 1. The van der Waals surface area contributed by atoms with Crippen LogP contribution in [-0.4, -0.2) is 71.0 Å². The van der Waals surface area contributed by atoms with Crippen LogP contribution >= 0.6 is 0 Å². The van der Waals surface area contributed by atoms with Crippen LogP contribution in [0.1, 0.15) is 5.56 Å². The number of aryl methyl sites for hydroxylation is 1. The van der Waals surface area contributed by atoms with Gasteiger partial charge in [0.15, 0.2) is 6.61 Å². The van der Waals surface area contributed by atoms with E-state index in [0.29, 0.717) is 24.5 Å². The molecule has 1 fully saturated rings. The summed E-state index contributed by atoms with van der Waals surface area (Å²) in [4.78, 5) is 16.5. The van der Waals surface area contributed by atoms with Crippen LogP contribution in [0.4, 0.5) is 5.69 Å². The van der Waals surface area contributed by atoms with Gasteiger partial charge in [0.25, 0.3) is 15.9 Å². The van der Waals surface area contributed by atoms with Gasteiger partial charge in [-0.2, -0.15) is 0 Å². The molecule has 2 aromatic carbocycles. The number of rotatable bonds is 6. The van der Waals surface area contributed by atoms with E-state index in [1.165, 1.54) is 11.4 Å². The second kappa shape index (κ2) is 8.84. The Morgan fingerprint density at radius 1 is 1.00 bits per heavy atom. The van der Waals surface area contributed by atoms with Gasteiger partial charge >= 0.3 is 0 Å². The zero-order valence-corrected chi connectivity index (χ0v) is 17.9. The van der Waals surface area contributed by atoms with Gasteiger partial charge in [-0.05, 0) is 50.4 Å². The van der Waals surface area contributed by atoms with E-state index in [0.717, 1.165) is 18.7 Å². The first-order valence-corrected chi connectivity index (χ1v) is 11.0. The van der Waals surface area contributed by atoms with Crippen molar-refractivity contribution in [2.75, 3.05) is 51.2 Å². The van der Waals surface area contributed by atoms with Crippen LogP contribution in [-0.2, 0) is 14.8 Å². The van der Waals surface area contributed by atoms with Gasteiger partial charge in [-0.1, -0.05) is 17.7 Å². The van der Waals surface area contributed by atoms with Crippen LogP contribution in [0.2, 0.25) is 0 Å². The van der Waals surface area contributed by atoms with E-state index in [2.05, 4.69) is 4.90 Å². The second-order valence-electron chi connectivity index (χ2n) is 7.25. The lowest BCUT2D eigenvalue weighted by Gasteiger charge is -2.32. The molecule has 1 aliphatic rings. The summed E-state index contributed by atoms with van der Waals surface area (Å²) in [5.74, 6) is 0.485. The molecule has 0 atom stereocenters. The van der Waals surface area contributed by atoms with E-state index >= 15 is 0 Å². The molecule has 29 heavy (non-hydrogen) atoms. The van der Waals surface area contributed by atoms with Crippen molar-refractivity contribution in [2.24, 2.45) is 0 Å². The number of piperazine rings is 1. The van der Waals surface area contributed by atoms with Crippen molar-refractivity contribution >= 4 is 21.6 Å². The maximum Gasteiger partial charge on any atom is 0.264 e. The van der Waals surface area contributed by atoms with Crippen LogP contribution < -0.4 is 9.04 Å². The highest BCUT2D eigenvalue weighted by molar-refractivity contribution is 7.92. The number of carbonyl (C=O) groups is 1. The average Bonchev–Trinajstić information content (AvgIpc) is 2.72. The standard InChI is InChI=1S/C21H27N3O4S/c1-17-4-10-20(11-5-17)29(26,27)23(3)18-6-8-19(9-7-18)28-16-21(25)24-14-12-22(2)13-15-24/h4-11H,12-16H2,1-3H3. The predicted molar refractivity (Wildman–Crippen MR) is 113 cm³/mol. The molecular formula is C21H27N3O4S. The normalized spacial score (nSPS) is 15.2. The molecule has 3 rings (SSSR count). The molecule has 1 amide bonds. The zero-order valence-electron chi connectivity index (χ0n) is 17.0. The summed E-state index contributed by atoms with van der Waals surface area (Å²) in [6.07, 6.45) is 0. The second-order valence-corrected chi connectivity index (χ2v) is 9.22. The number of benzene rings is 2. The van der Waals surface area contributed by atoms with Gasteiger partial charge in [0.2, 0.25) is 0 Å². The Kier molecular flexibility index (Phi) is 6.44. The number of ether oxygens (including phenoxy) is 1. The Morgan fingerprint density at radius 2 is 1.59 bits per heavy atom. The van der Waals surface area contributed by atoms with E-state index in [4.69, 9.17) is 4.74 Å². The summed E-state index contributed by atoms with van der Waals surface area (Å²) in [5, 5.41) is 0. The van der Waals surface area contributed by atoms with E-state index in [-0.39, 0.29) is 17.4 Å².